The fraction of sp³-hybridized carbons (Fsp3) is 0.278. The Morgan fingerprint density at radius 1 is 1.44 bits per heavy atom. The Morgan fingerprint density at radius 2 is 2.30 bits per heavy atom. The Hall–Kier alpha value is -2.03. The zero-order valence-electron chi connectivity index (χ0n) is 14.9. The first kappa shape index (κ1) is 19.7. The lowest BCUT2D eigenvalue weighted by atomic mass is 10.3. The molecule has 3 rings (SSSR count). The number of methoxy groups -OCH3 is 1. The second-order valence-electron chi connectivity index (χ2n) is 5.73. The van der Waals surface area contributed by atoms with E-state index >= 15 is 0 Å². The average molecular weight is 423 g/mol. The first-order valence-corrected chi connectivity index (χ1v) is 10.4. The number of thioether (sulfide) groups is 1. The molecular weight excluding hydrogens is 404 g/mol. The summed E-state index contributed by atoms with van der Waals surface area (Å²) < 4.78 is 7.23. The highest BCUT2D eigenvalue weighted by atomic mass is 35.5. The van der Waals surface area contributed by atoms with Crippen molar-refractivity contribution in [1.29, 1.82) is 0 Å². The molecule has 27 heavy (non-hydrogen) atoms. The summed E-state index contributed by atoms with van der Waals surface area (Å²) in [6.07, 6.45) is 2.60. The molecule has 0 aliphatic carbocycles. The minimum atomic E-state index is -0.363. The molecule has 0 unspecified atom stereocenters. The highest BCUT2D eigenvalue weighted by molar-refractivity contribution is 8.00. The van der Waals surface area contributed by atoms with E-state index in [9.17, 15) is 4.79 Å². The fourth-order valence-electron chi connectivity index (χ4n) is 2.40. The molecule has 0 saturated heterocycles. The van der Waals surface area contributed by atoms with Crippen LogP contribution in [0.3, 0.4) is 0 Å². The van der Waals surface area contributed by atoms with Gasteiger partial charge in [-0.05, 0) is 43.0 Å². The largest absolute Gasteiger partial charge is 0.495 e. The molecule has 2 heterocycles. The molecule has 1 amide bonds. The van der Waals surface area contributed by atoms with Crippen LogP contribution in [-0.4, -0.2) is 33.0 Å². The minimum Gasteiger partial charge on any atom is -0.495 e. The van der Waals surface area contributed by atoms with Gasteiger partial charge in [0.1, 0.15) is 12.1 Å². The number of thiophene rings is 1. The van der Waals surface area contributed by atoms with Gasteiger partial charge in [-0.1, -0.05) is 29.4 Å². The lowest BCUT2D eigenvalue weighted by molar-refractivity contribution is -0.115. The third-order valence-electron chi connectivity index (χ3n) is 3.83. The lowest BCUT2D eigenvalue weighted by Crippen LogP contribution is -2.23. The highest BCUT2D eigenvalue weighted by Crippen LogP contribution is 2.29. The van der Waals surface area contributed by atoms with E-state index in [2.05, 4.69) is 27.0 Å². The zero-order chi connectivity index (χ0) is 19.2. The van der Waals surface area contributed by atoms with Crippen LogP contribution in [0.15, 0.2) is 47.2 Å². The quantitative estimate of drug-likeness (QED) is 0.546. The number of aryl methyl sites for hydroxylation is 2. The van der Waals surface area contributed by atoms with Crippen LogP contribution >= 0.6 is 34.7 Å². The number of rotatable bonds is 8. The number of hydrogen-bond donors (Lipinski definition) is 1. The molecule has 0 bridgehead atoms. The number of benzene rings is 1. The van der Waals surface area contributed by atoms with Crippen LogP contribution < -0.4 is 10.1 Å². The van der Waals surface area contributed by atoms with Crippen molar-refractivity contribution in [2.24, 2.45) is 0 Å². The number of nitrogens with one attached hydrogen (secondary N) is 1. The SMILES string of the molecule is COc1ccc(Cl)cc1NC(=O)[C@@H](C)Sc1nncn1CCc1cccs1. The number of ether oxygens (including phenoxy) is 1. The molecule has 142 valence electrons. The Bertz CT molecular complexity index is 899. The monoisotopic (exact) mass is 422 g/mol. The predicted octanol–water partition coefficient (Wildman–Crippen LogP) is 4.36. The Balaban J connectivity index is 1.62. The van der Waals surface area contributed by atoms with Crippen LogP contribution in [0.2, 0.25) is 5.02 Å². The maximum atomic E-state index is 12.6. The van der Waals surface area contributed by atoms with Gasteiger partial charge in [-0.25, -0.2) is 0 Å². The second kappa shape index (κ2) is 9.25. The van der Waals surface area contributed by atoms with Gasteiger partial charge < -0.3 is 14.6 Å². The molecule has 0 spiro atoms. The topological polar surface area (TPSA) is 69.0 Å². The molecule has 0 aliphatic heterocycles. The molecule has 0 saturated carbocycles. The Morgan fingerprint density at radius 3 is 3.04 bits per heavy atom. The third kappa shape index (κ3) is 5.24. The number of carbonyl (C=O) groups is 1. The lowest BCUT2D eigenvalue weighted by Gasteiger charge is -2.14. The summed E-state index contributed by atoms with van der Waals surface area (Å²) in [6.45, 7) is 2.60. The van der Waals surface area contributed by atoms with E-state index in [1.807, 2.05) is 17.6 Å². The predicted molar refractivity (Wildman–Crippen MR) is 110 cm³/mol. The Labute approximate surface area is 170 Å². The molecule has 6 nitrogen and oxygen atoms in total. The van der Waals surface area contributed by atoms with E-state index in [1.54, 1.807) is 43.0 Å². The summed E-state index contributed by atoms with van der Waals surface area (Å²) in [6, 6.07) is 9.25. The first-order chi connectivity index (χ1) is 13.1. The number of nitrogens with zero attached hydrogens (tertiary/aromatic N) is 3. The Kier molecular flexibility index (Phi) is 6.76. The molecular formula is C18H19ClN4O2S2. The zero-order valence-corrected chi connectivity index (χ0v) is 17.3. The number of anilines is 1. The van der Waals surface area contributed by atoms with Crippen molar-refractivity contribution in [3.63, 3.8) is 0 Å². The van der Waals surface area contributed by atoms with Crippen LogP contribution in [0, 0.1) is 0 Å². The fourth-order valence-corrected chi connectivity index (χ4v) is 4.12. The summed E-state index contributed by atoms with van der Waals surface area (Å²) in [4.78, 5) is 13.9. The van der Waals surface area contributed by atoms with Gasteiger partial charge in [0.2, 0.25) is 5.91 Å². The maximum Gasteiger partial charge on any atom is 0.237 e. The highest BCUT2D eigenvalue weighted by Gasteiger charge is 2.19. The van der Waals surface area contributed by atoms with E-state index in [0.717, 1.165) is 13.0 Å². The maximum absolute atomic E-state index is 12.6. The molecule has 2 aromatic heterocycles. The van der Waals surface area contributed by atoms with E-state index < -0.39 is 0 Å². The number of halogens is 1. The van der Waals surface area contributed by atoms with E-state index in [1.165, 1.54) is 16.6 Å². The molecule has 3 aromatic rings. The van der Waals surface area contributed by atoms with Gasteiger partial charge >= 0.3 is 0 Å². The summed E-state index contributed by atoms with van der Waals surface area (Å²) in [5.41, 5.74) is 0.543. The van der Waals surface area contributed by atoms with Crippen molar-refractivity contribution in [3.05, 3.63) is 51.9 Å². The number of hydrogen-bond acceptors (Lipinski definition) is 6. The summed E-state index contributed by atoms with van der Waals surface area (Å²) in [5.74, 6) is 0.400. The van der Waals surface area contributed by atoms with Gasteiger partial charge in [0.25, 0.3) is 0 Å². The standard InChI is InChI=1S/C18H19ClN4O2S2/c1-12(17(24)21-15-10-13(19)5-6-16(15)25-2)27-18-22-20-11-23(18)8-7-14-4-3-9-26-14/h3-6,9-12H,7-8H2,1-2H3,(H,21,24)/t12-/m1/s1. The normalized spacial score (nSPS) is 12.0. The van der Waals surface area contributed by atoms with Crippen LogP contribution in [0.4, 0.5) is 5.69 Å². The molecule has 1 aromatic carbocycles. The van der Waals surface area contributed by atoms with Crippen LogP contribution in [0.25, 0.3) is 0 Å². The van der Waals surface area contributed by atoms with Gasteiger partial charge in [0, 0.05) is 16.4 Å². The smallest absolute Gasteiger partial charge is 0.237 e. The van der Waals surface area contributed by atoms with Gasteiger partial charge in [-0.2, -0.15) is 0 Å². The second-order valence-corrected chi connectivity index (χ2v) is 8.51. The van der Waals surface area contributed by atoms with E-state index in [-0.39, 0.29) is 11.2 Å². The van der Waals surface area contributed by atoms with Crippen LogP contribution in [0.1, 0.15) is 11.8 Å². The number of aromatic nitrogens is 3. The van der Waals surface area contributed by atoms with Gasteiger partial charge in [0.05, 0.1) is 18.0 Å². The number of carbonyl (C=O) groups excluding carboxylic acids is 1. The molecule has 0 fully saturated rings. The average Bonchev–Trinajstić information content (AvgIpc) is 3.32. The summed E-state index contributed by atoms with van der Waals surface area (Å²) in [7, 11) is 1.55. The van der Waals surface area contributed by atoms with E-state index in [0.29, 0.717) is 21.6 Å². The van der Waals surface area contributed by atoms with Gasteiger partial charge in [0.15, 0.2) is 5.16 Å². The summed E-state index contributed by atoms with van der Waals surface area (Å²) in [5, 5.41) is 13.9. The minimum absolute atomic E-state index is 0.159. The third-order valence-corrected chi connectivity index (χ3v) is 6.10. The number of amides is 1. The van der Waals surface area contributed by atoms with Crippen molar-refractivity contribution >= 4 is 46.3 Å². The van der Waals surface area contributed by atoms with Crippen molar-refractivity contribution in [3.8, 4) is 5.75 Å². The molecule has 1 atom stereocenters. The molecule has 0 aliphatic rings. The van der Waals surface area contributed by atoms with Crippen molar-refractivity contribution in [2.45, 2.75) is 30.3 Å². The molecule has 0 radical (unpaired) electrons. The molecule has 9 heteroatoms. The molecule has 1 N–H and O–H groups in total. The van der Waals surface area contributed by atoms with Crippen molar-refractivity contribution in [1.82, 2.24) is 14.8 Å². The van der Waals surface area contributed by atoms with Gasteiger partial charge in [-0.15, -0.1) is 21.5 Å². The van der Waals surface area contributed by atoms with Gasteiger partial charge in [-0.3, -0.25) is 4.79 Å². The van der Waals surface area contributed by atoms with Crippen LogP contribution in [0.5, 0.6) is 5.75 Å². The van der Waals surface area contributed by atoms with E-state index in [4.69, 9.17) is 16.3 Å². The van der Waals surface area contributed by atoms with Crippen molar-refractivity contribution < 1.29 is 9.53 Å². The first-order valence-electron chi connectivity index (χ1n) is 8.28. The van der Waals surface area contributed by atoms with Crippen molar-refractivity contribution in [2.75, 3.05) is 12.4 Å². The summed E-state index contributed by atoms with van der Waals surface area (Å²) >= 11 is 9.11. The van der Waals surface area contributed by atoms with Crippen LogP contribution in [-0.2, 0) is 17.8 Å².